The van der Waals surface area contributed by atoms with Crippen molar-refractivity contribution in [1.29, 1.82) is 0 Å². The molecular formula is C26H37N3O4S. The highest BCUT2D eigenvalue weighted by molar-refractivity contribution is 7.92. The summed E-state index contributed by atoms with van der Waals surface area (Å²) < 4.78 is 26.3. The van der Waals surface area contributed by atoms with Crippen molar-refractivity contribution in [2.75, 3.05) is 30.2 Å². The summed E-state index contributed by atoms with van der Waals surface area (Å²) in [6, 6.07) is 16.1. The van der Waals surface area contributed by atoms with Gasteiger partial charge in [-0.1, -0.05) is 63.2 Å². The Morgan fingerprint density at radius 2 is 1.71 bits per heavy atom. The molecule has 0 fully saturated rings. The van der Waals surface area contributed by atoms with E-state index in [0.29, 0.717) is 31.6 Å². The fourth-order valence-corrected chi connectivity index (χ4v) is 4.56. The number of hydrogen-bond acceptors (Lipinski definition) is 4. The van der Waals surface area contributed by atoms with Gasteiger partial charge < -0.3 is 10.2 Å². The molecule has 2 aromatic carbocycles. The molecular weight excluding hydrogens is 450 g/mol. The molecule has 2 amide bonds. The van der Waals surface area contributed by atoms with E-state index in [1.165, 1.54) is 4.90 Å². The number of nitrogens with one attached hydrogen (secondary N) is 1. The minimum atomic E-state index is -3.72. The van der Waals surface area contributed by atoms with Crippen LogP contribution >= 0.6 is 0 Å². The van der Waals surface area contributed by atoms with Crippen LogP contribution in [-0.4, -0.2) is 57.1 Å². The molecule has 1 atom stereocenters. The Morgan fingerprint density at radius 3 is 2.26 bits per heavy atom. The van der Waals surface area contributed by atoms with Gasteiger partial charge in [0.2, 0.25) is 21.8 Å². The van der Waals surface area contributed by atoms with Crippen molar-refractivity contribution >= 4 is 27.5 Å². The third-order valence-corrected chi connectivity index (χ3v) is 6.66. The SMILES string of the molecule is CC[C@@H](C(=O)NCC(C)C)N(CCc1ccccc1)C(=O)CN(c1cccc(C)c1)S(C)(=O)=O. The van der Waals surface area contributed by atoms with Crippen LogP contribution in [0.1, 0.15) is 38.3 Å². The lowest BCUT2D eigenvalue weighted by molar-refractivity contribution is -0.139. The molecule has 0 aromatic heterocycles. The average molecular weight is 488 g/mol. The molecule has 2 rings (SSSR count). The lowest BCUT2D eigenvalue weighted by Crippen LogP contribution is -2.53. The second kappa shape index (κ2) is 12.6. The van der Waals surface area contributed by atoms with E-state index in [4.69, 9.17) is 0 Å². The second-order valence-electron chi connectivity index (χ2n) is 8.99. The summed E-state index contributed by atoms with van der Waals surface area (Å²) in [5.74, 6) is -0.356. The van der Waals surface area contributed by atoms with Gasteiger partial charge >= 0.3 is 0 Å². The maximum atomic E-state index is 13.6. The van der Waals surface area contributed by atoms with Crippen LogP contribution in [0.15, 0.2) is 54.6 Å². The van der Waals surface area contributed by atoms with E-state index >= 15 is 0 Å². The molecule has 34 heavy (non-hydrogen) atoms. The van der Waals surface area contributed by atoms with Crippen LogP contribution in [0.3, 0.4) is 0 Å². The maximum Gasteiger partial charge on any atom is 0.244 e. The average Bonchev–Trinajstić information content (AvgIpc) is 2.78. The first-order chi connectivity index (χ1) is 16.0. The lowest BCUT2D eigenvalue weighted by Gasteiger charge is -2.33. The van der Waals surface area contributed by atoms with Gasteiger partial charge in [0.05, 0.1) is 11.9 Å². The van der Waals surface area contributed by atoms with Gasteiger partial charge in [-0.2, -0.15) is 0 Å². The Morgan fingerprint density at radius 1 is 1.03 bits per heavy atom. The minimum absolute atomic E-state index is 0.223. The number of aryl methyl sites for hydroxylation is 1. The second-order valence-corrected chi connectivity index (χ2v) is 10.9. The summed E-state index contributed by atoms with van der Waals surface area (Å²) in [4.78, 5) is 28.1. The lowest BCUT2D eigenvalue weighted by atomic mass is 10.1. The molecule has 1 N–H and O–H groups in total. The predicted molar refractivity (Wildman–Crippen MR) is 137 cm³/mol. The number of benzene rings is 2. The van der Waals surface area contributed by atoms with Gasteiger partial charge in [-0.15, -0.1) is 0 Å². The summed E-state index contributed by atoms with van der Waals surface area (Å²) in [6.07, 6.45) is 2.07. The Labute approximate surface area is 204 Å². The number of amides is 2. The fourth-order valence-electron chi connectivity index (χ4n) is 3.72. The molecule has 0 aliphatic carbocycles. The summed E-state index contributed by atoms with van der Waals surface area (Å²) >= 11 is 0. The molecule has 8 heteroatoms. The van der Waals surface area contributed by atoms with Gasteiger partial charge in [0.15, 0.2) is 0 Å². The zero-order valence-corrected chi connectivity index (χ0v) is 21.6. The number of nitrogens with zero attached hydrogens (tertiary/aromatic N) is 2. The first-order valence-corrected chi connectivity index (χ1v) is 13.5. The molecule has 2 aromatic rings. The van der Waals surface area contributed by atoms with E-state index in [1.54, 1.807) is 18.2 Å². The van der Waals surface area contributed by atoms with Crippen LogP contribution in [0.5, 0.6) is 0 Å². The number of anilines is 1. The Bertz CT molecular complexity index is 1050. The monoisotopic (exact) mass is 487 g/mol. The van der Waals surface area contributed by atoms with Gasteiger partial charge in [0.25, 0.3) is 0 Å². The van der Waals surface area contributed by atoms with Crippen LogP contribution in [0.2, 0.25) is 0 Å². The highest BCUT2D eigenvalue weighted by atomic mass is 32.2. The highest BCUT2D eigenvalue weighted by Gasteiger charge is 2.31. The standard InChI is InChI=1S/C26H37N3O4S/c1-6-24(26(31)27-18-20(2)3)28(16-15-22-12-8-7-9-13-22)25(30)19-29(34(5,32)33)23-14-10-11-21(4)17-23/h7-14,17,20,24H,6,15-16,18-19H2,1-5H3,(H,27,31)/t24-/m0/s1. The van der Waals surface area contributed by atoms with Crippen molar-refractivity contribution in [3.05, 3.63) is 65.7 Å². The van der Waals surface area contributed by atoms with Crippen LogP contribution in [0.4, 0.5) is 5.69 Å². The minimum Gasteiger partial charge on any atom is -0.354 e. The van der Waals surface area contributed by atoms with Crippen molar-refractivity contribution in [2.24, 2.45) is 5.92 Å². The number of rotatable bonds is 12. The summed E-state index contributed by atoms with van der Waals surface area (Å²) in [6.45, 7) is 8.18. The normalized spacial score (nSPS) is 12.3. The molecule has 7 nitrogen and oxygen atoms in total. The van der Waals surface area contributed by atoms with Gasteiger partial charge in [-0.25, -0.2) is 8.42 Å². The van der Waals surface area contributed by atoms with Crippen molar-refractivity contribution in [1.82, 2.24) is 10.2 Å². The quantitative estimate of drug-likeness (QED) is 0.497. The van der Waals surface area contributed by atoms with Gasteiger partial charge in [-0.3, -0.25) is 13.9 Å². The van der Waals surface area contributed by atoms with Crippen LogP contribution in [0.25, 0.3) is 0 Å². The molecule has 0 saturated heterocycles. The van der Waals surface area contributed by atoms with E-state index in [-0.39, 0.29) is 18.4 Å². The Balaban J connectivity index is 2.34. The zero-order valence-electron chi connectivity index (χ0n) is 20.8. The molecule has 0 spiro atoms. The van der Waals surface area contributed by atoms with Gasteiger partial charge in [0.1, 0.15) is 12.6 Å². The number of carbonyl (C=O) groups excluding carboxylic acids is 2. The number of sulfonamides is 1. The number of hydrogen-bond donors (Lipinski definition) is 1. The zero-order chi connectivity index (χ0) is 25.3. The van der Waals surface area contributed by atoms with E-state index in [0.717, 1.165) is 21.7 Å². The van der Waals surface area contributed by atoms with Gasteiger partial charge in [-0.05, 0) is 48.9 Å². The fraction of sp³-hybridized carbons (Fsp3) is 0.462. The number of carbonyl (C=O) groups is 2. The molecule has 0 aliphatic rings. The molecule has 0 radical (unpaired) electrons. The molecule has 0 heterocycles. The van der Waals surface area contributed by atoms with E-state index in [1.807, 2.05) is 64.1 Å². The molecule has 0 unspecified atom stereocenters. The predicted octanol–water partition coefficient (Wildman–Crippen LogP) is 3.38. The largest absolute Gasteiger partial charge is 0.354 e. The van der Waals surface area contributed by atoms with Crippen LogP contribution < -0.4 is 9.62 Å². The third kappa shape index (κ3) is 8.17. The summed E-state index contributed by atoms with van der Waals surface area (Å²) in [5, 5.41) is 2.92. The van der Waals surface area contributed by atoms with Crippen molar-refractivity contribution in [3.63, 3.8) is 0 Å². The van der Waals surface area contributed by atoms with Crippen LogP contribution in [0, 0.1) is 12.8 Å². The van der Waals surface area contributed by atoms with E-state index in [9.17, 15) is 18.0 Å². The summed E-state index contributed by atoms with van der Waals surface area (Å²) in [5.41, 5.74) is 2.35. The van der Waals surface area contributed by atoms with Gasteiger partial charge in [0, 0.05) is 13.1 Å². The summed E-state index contributed by atoms with van der Waals surface area (Å²) in [7, 11) is -3.72. The first-order valence-electron chi connectivity index (χ1n) is 11.7. The molecule has 0 bridgehead atoms. The third-order valence-electron chi connectivity index (χ3n) is 5.52. The van der Waals surface area contributed by atoms with Crippen LogP contribution in [-0.2, 0) is 26.0 Å². The van der Waals surface area contributed by atoms with Crippen molar-refractivity contribution in [3.8, 4) is 0 Å². The van der Waals surface area contributed by atoms with Crippen molar-refractivity contribution < 1.29 is 18.0 Å². The smallest absolute Gasteiger partial charge is 0.244 e. The van der Waals surface area contributed by atoms with Crippen molar-refractivity contribution in [2.45, 2.75) is 46.6 Å². The molecule has 186 valence electrons. The van der Waals surface area contributed by atoms with E-state index < -0.39 is 22.0 Å². The highest BCUT2D eigenvalue weighted by Crippen LogP contribution is 2.20. The maximum absolute atomic E-state index is 13.6. The Hall–Kier alpha value is -2.87. The first kappa shape index (κ1) is 27.4. The molecule has 0 aliphatic heterocycles. The Kier molecular flexibility index (Phi) is 10.1. The van der Waals surface area contributed by atoms with E-state index in [2.05, 4.69) is 5.32 Å². The molecule has 0 saturated carbocycles. The topological polar surface area (TPSA) is 86.8 Å².